The average molecular weight is 474 g/mol. The summed E-state index contributed by atoms with van der Waals surface area (Å²) in [5.41, 5.74) is 3.30. The largest absolute Gasteiger partial charge is 0.492 e. The van der Waals surface area contributed by atoms with Crippen molar-refractivity contribution in [1.82, 2.24) is 25.2 Å². The van der Waals surface area contributed by atoms with Crippen LogP contribution in [0, 0.1) is 12.8 Å². The lowest BCUT2D eigenvalue weighted by atomic mass is 10.1. The molecule has 0 saturated carbocycles. The van der Waals surface area contributed by atoms with Gasteiger partial charge in [-0.2, -0.15) is 0 Å². The first-order valence-electron chi connectivity index (χ1n) is 12.3. The number of hydrogen-bond acceptors (Lipinski definition) is 7. The lowest BCUT2D eigenvalue weighted by molar-refractivity contribution is 0.207. The van der Waals surface area contributed by atoms with Crippen LogP contribution in [-0.2, 0) is 0 Å². The number of nitrogens with one attached hydrogen (secondary N) is 1. The second kappa shape index (κ2) is 13.0. The SMILES string of the molecule is CN1CC[C@@H](Oc2cncc(C=Cc3ccncc3)c2)C1.Cc1cncc(OC[C@@H]2CCNC2)c1. The van der Waals surface area contributed by atoms with Crippen molar-refractivity contribution in [3.05, 3.63) is 78.1 Å². The van der Waals surface area contributed by atoms with E-state index in [0.29, 0.717) is 5.92 Å². The van der Waals surface area contributed by atoms with Crippen molar-refractivity contribution in [3.8, 4) is 11.5 Å². The molecule has 0 spiro atoms. The van der Waals surface area contributed by atoms with Crippen LogP contribution in [0.3, 0.4) is 0 Å². The first kappa shape index (κ1) is 24.8. The Morgan fingerprint density at radius 3 is 2.51 bits per heavy atom. The minimum Gasteiger partial charge on any atom is -0.492 e. The molecule has 1 N–H and O–H groups in total. The van der Waals surface area contributed by atoms with Gasteiger partial charge in [-0.1, -0.05) is 12.2 Å². The first-order valence-corrected chi connectivity index (χ1v) is 12.3. The average Bonchev–Trinajstić information content (AvgIpc) is 3.55. The third kappa shape index (κ3) is 8.46. The van der Waals surface area contributed by atoms with Crippen molar-refractivity contribution in [2.75, 3.05) is 39.8 Å². The van der Waals surface area contributed by atoms with Crippen LogP contribution in [0.25, 0.3) is 12.2 Å². The molecule has 5 rings (SSSR count). The molecule has 0 aliphatic carbocycles. The number of rotatable bonds is 7. The second-order valence-corrected chi connectivity index (χ2v) is 9.23. The predicted molar refractivity (Wildman–Crippen MR) is 139 cm³/mol. The third-order valence-corrected chi connectivity index (χ3v) is 6.06. The van der Waals surface area contributed by atoms with Gasteiger partial charge in [0, 0.05) is 50.3 Å². The molecule has 0 bridgehead atoms. The van der Waals surface area contributed by atoms with Gasteiger partial charge in [-0.3, -0.25) is 15.0 Å². The Kier molecular flexibility index (Phi) is 9.20. The lowest BCUT2D eigenvalue weighted by Crippen LogP contribution is -2.21. The molecule has 5 heterocycles. The van der Waals surface area contributed by atoms with E-state index < -0.39 is 0 Å². The zero-order chi connectivity index (χ0) is 24.3. The summed E-state index contributed by atoms with van der Waals surface area (Å²) in [5.74, 6) is 2.39. The van der Waals surface area contributed by atoms with Gasteiger partial charge in [0.1, 0.15) is 17.6 Å². The van der Waals surface area contributed by atoms with E-state index in [-0.39, 0.29) is 6.10 Å². The maximum absolute atomic E-state index is 5.99. The van der Waals surface area contributed by atoms with E-state index in [1.54, 1.807) is 24.8 Å². The fourth-order valence-electron chi connectivity index (χ4n) is 4.12. The standard InChI is InChI=1S/C17H19N3O.C11H16N2O/c1-20-9-6-16(13-20)21-17-10-15(11-19-12-17)3-2-14-4-7-18-8-5-14;1-9-4-11(7-13-5-9)14-8-10-2-3-12-6-10/h2-5,7-8,10-12,16H,6,9,13H2,1H3;4-5,7,10,12H,2-3,6,8H2,1H3/t16-;10-/m11/s1. The van der Waals surface area contributed by atoms with Crippen LogP contribution in [0.15, 0.2) is 61.4 Å². The van der Waals surface area contributed by atoms with Crippen molar-refractivity contribution < 1.29 is 9.47 Å². The van der Waals surface area contributed by atoms with Crippen LogP contribution in [0.2, 0.25) is 0 Å². The molecule has 2 atom stereocenters. The third-order valence-electron chi connectivity index (χ3n) is 6.06. The number of aryl methyl sites for hydroxylation is 1. The number of likely N-dealkylation sites (tertiary alicyclic amines) is 1. The molecule has 2 aliphatic heterocycles. The van der Waals surface area contributed by atoms with E-state index in [1.807, 2.05) is 55.7 Å². The van der Waals surface area contributed by atoms with E-state index in [9.17, 15) is 0 Å². The van der Waals surface area contributed by atoms with E-state index >= 15 is 0 Å². The van der Waals surface area contributed by atoms with Crippen molar-refractivity contribution in [2.45, 2.75) is 25.9 Å². The fraction of sp³-hybridized carbons (Fsp3) is 0.393. The Labute approximate surface area is 208 Å². The molecule has 184 valence electrons. The number of aromatic nitrogens is 3. The van der Waals surface area contributed by atoms with Gasteiger partial charge in [0.05, 0.1) is 19.0 Å². The highest BCUT2D eigenvalue weighted by atomic mass is 16.5. The maximum atomic E-state index is 5.99. The highest BCUT2D eigenvalue weighted by Crippen LogP contribution is 2.19. The van der Waals surface area contributed by atoms with Crippen LogP contribution in [0.5, 0.6) is 11.5 Å². The van der Waals surface area contributed by atoms with Crippen molar-refractivity contribution in [3.63, 3.8) is 0 Å². The van der Waals surface area contributed by atoms with Gasteiger partial charge in [-0.05, 0) is 74.3 Å². The molecule has 0 aromatic carbocycles. The molecule has 7 heteroatoms. The van der Waals surface area contributed by atoms with Crippen LogP contribution in [0.1, 0.15) is 29.5 Å². The monoisotopic (exact) mass is 473 g/mol. The van der Waals surface area contributed by atoms with Gasteiger partial charge >= 0.3 is 0 Å². The fourth-order valence-corrected chi connectivity index (χ4v) is 4.12. The molecule has 2 fully saturated rings. The highest BCUT2D eigenvalue weighted by Gasteiger charge is 2.20. The van der Waals surface area contributed by atoms with Crippen LogP contribution >= 0.6 is 0 Å². The molecular formula is C28H35N5O2. The number of nitrogens with zero attached hydrogens (tertiary/aromatic N) is 4. The van der Waals surface area contributed by atoms with Gasteiger partial charge in [-0.15, -0.1) is 0 Å². The Hall–Kier alpha value is -3.29. The Balaban J connectivity index is 0.000000179. The normalized spacial score (nSPS) is 19.9. The van der Waals surface area contributed by atoms with Crippen molar-refractivity contribution in [2.24, 2.45) is 5.92 Å². The quantitative estimate of drug-likeness (QED) is 0.554. The van der Waals surface area contributed by atoms with E-state index in [0.717, 1.165) is 67.4 Å². The van der Waals surface area contributed by atoms with Gasteiger partial charge in [0.25, 0.3) is 0 Å². The summed E-state index contributed by atoms with van der Waals surface area (Å²) >= 11 is 0. The summed E-state index contributed by atoms with van der Waals surface area (Å²) in [6.07, 6.45) is 17.5. The van der Waals surface area contributed by atoms with Crippen LogP contribution in [-0.4, -0.2) is 65.8 Å². The summed E-state index contributed by atoms with van der Waals surface area (Å²) in [7, 11) is 2.12. The predicted octanol–water partition coefficient (Wildman–Crippen LogP) is 4.11. The molecular weight excluding hydrogens is 438 g/mol. The summed E-state index contributed by atoms with van der Waals surface area (Å²) in [5, 5.41) is 3.32. The van der Waals surface area contributed by atoms with E-state index in [2.05, 4.69) is 32.2 Å². The minimum absolute atomic E-state index is 0.274. The Bertz CT molecular complexity index is 1070. The summed E-state index contributed by atoms with van der Waals surface area (Å²) < 4.78 is 11.7. The number of ether oxygens (including phenoxy) is 2. The molecule has 3 aromatic heterocycles. The highest BCUT2D eigenvalue weighted by molar-refractivity contribution is 5.69. The summed E-state index contributed by atoms with van der Waals surface area (Å²) in [6.45, 7) is 7.12. The van der Waals surface area contributed by atoms with E-state index in [4.69, 9.17) is 9.47 Å². The number of hydrogen-bond donors (Lipinski definition) is 1. The van der Waals surface area contributed by atoms with Gasteiger partial charge in [-0.25, -0.2) is 0 Å². The number of pyridine rings is 3. The van der Waals surface area contributed by atoms with Gasteiger partial charge < -0.3 is 19.7 Å². The molecule has 0 unspecified atom stereocenters. The molecule has 35 heavy (non-hydrogen) atoms. The Morgan fingerprint density at radius 1 is 0.971 bits per heavy atom. The van der Waals surface area contributed by atoms with Gasteiger partial charge in [0.2, 0.25) is 0 Å². The second-order valence-electron chi connectivity index (χ2n) is 9.23. The molecule has 0 amide bonds. The molecule has 0 radical (unpaired) electrons. The lowest BCUT2D eigenvalue weighted by Gasteiger charge is -2.13. The van der Waals surface area contributed by atoms with Crippen LogP contribution < -0.4 is 14.8 Å². The topological polar surface area (TPSA) is 72.4 Å². The van der Waals surface area contributed by atoms with E-state index in [1.165, 1.54) is 6.42 Å². The summed E-state index contributed by atoms with van der Waals surface area (Å²) in [4.78, 5) is 14.6. The smallest absolute Gasteiger partial charge is 0.138 e. The molecule has 2 saturated heterocycles. The zero-order valence-electron chi connectivity index (χ0n) is 20.6. The zero-order valence-corrected chi connectivity index (χ0v) is 20.6. The Morgan fingerprint density at radius 2 is 1.77 bits per heavy atom. The molecule has 3 aromatic rings. The molecule has 2 aliphatic rings. The first-order chi connectivity index (χ1) is 17.1. The number of likely N-dealkylation sites (N-methyl/N-ethyl adjacent to an activating group) is 1. The van der Waals surface area contributed by atoms with Gasteiger partial charge in [0.15, 0.2) is 0 Å². The van der Waals surface area contributed by atoms with Crippen molar-refractivity contribution in [1.29, 1.82) is 0 Å². The maximum Gasteiger partial charge on any atom is 0.138 e. The minimum atomic E-state index is 0.274. The van der Waals surface area contributed by atoms with Crippen molar-refractivity contribution >= 4 is 12.2 Å². The molecule has 7 nitrogen and oxygen atoms in total. The summed E-state index contributed by atoms with van der Waals surface area (Å²) in [6, 6.07) is 8.00. The van der Waals surface area contributed by atoms with Crippen LogP contribution in [0.4, 0.5) is 0 Å².